The van der Waals surface area contributed by atoms with Gasteiger partial charge in [-0.15, -0.1) is 23.1 Å². The van der Waals surface area contributed by atoms with Crippen molar-refractivity contribution in [1.29, 1.82) is 0 Å². The van der Waals surface area contributed by atoms with E-state index >= 15 is 0 Å². The van der Waals surface area contributed by atoms with Gasteiger partial charge < -0.3 is 35.2 Å². The van der Waals surface area contributed by atoms with Crippen LogP contribution < -0.4 is 20.5 Å². The first kappa shape index (κ1) is 33.4. The van der Waals surface area contributed by atoms with Crippen LogP contribution in [0.3, 0.4) is 0 Å². The van der Waals surface area contributed by atoms with Crippen LogP contribution in [-0.4, -0.2) is 86.3 Å². The number of aliphatic carboxylic acids is 1. The number of carbonyl (C=O) groups excluding carboxylic acids is 5. The number of oxime groups is 1. The Morgan fingerprint density at radius 1 is 1.11 bits per heavy atom. The molecule has 5 rings (SSSR count). The number of ether oxygens (including phenoxy) is 3. The Bertz CT molecular complexity index is 1700. The zero-order chi connectivity index (χ0) is 33.8. The van der Waals surface area contributed by atoms with E-state index < -0.39 is 53.7 Å². The fourth-order valence-corrected chi connectivity index (χ4v) is 6.95. The summed E-state index contributed by atoms with van der Waals surface area (Å²) in [6.07, 6.45) is 3.42. The summed E-state index contributed by atoms with van der Waals surface area (Å²) >= 11 is 2.28. The molecule has 0 radical (unpaired) electrons. The topological polar surface area (TPSA) is 226 Å². The summed E-state index contributed by atoms with van der Waals surface area (Å²) in [4.78, 5) is 85.3. The van der Waals surface area contributed by atoms with Gasteiger partial charge >= 0.3 is 23.9 Å². The highest BCUT2D eigenvalue weighted by Crippen LogP contribution is 2.40. The van der Waals surface area contributed by atoms with E-state index in [1.807, 2.05) is 0 Å². The van der Waals surface area contributed by atoms with Crippen molar-refractivity contribution in [2.45, 2.75) is 57.1 Å². The minimum Gasteiger partial charge on any atom is -0.477 e. The molecule has 2 atom stereocenters. The highest BCUT2D eigenvalue weighted by Gasteiger charge is 2.54. The number of rotatable bonds is 11. The molecule has 1 aromatic heterocycles. The maximum atomic E-state index is 13.3. The maximum Gasteiger partial charge on any atom is 0.352 e. The largest absolute Gasteiger partial charge is 0.477 e. The Hall–Kier alpha value is -4.97. The van der Waals surface area contributed by atoms with Crippen LogP contribution in [0.5, 0.6) is 11.5 Å². The predicted octanol–water partition coefficient (Wildman–Crippen LogP) is 1.83. The van der Waals surface area contributed by atoms with Gasteiger partial charge in [0.05, 0.1) is 5.56 Å². The number of amides is 2. The highest BCUT2D eigenvalue weighted by atomic mass is 32.2. The number of anilines is 1. The minimum absolute atomic E-state index is 0.0637. The average molecular weight is 688 g/mol. The molecule has 3 heterocycles. The zero-order valence-electron chi connectivity index (χ0n) is 25.0. The molecule has 1 saturated heterocycles. The van der Waals surface area contributed by atoms with Crippen molar-refractivity contribution < 1.29 is 52.9 Å². The summed E-state index contributed by atoms with van der Waals surface area (Å²) in [5.41, 5.74) is 5.48. The minimum atomic E-state index is -1.42. The molecule has 3 aliphatic rings. The number of nitrogens with zero attached hydrogens (tertiary/aromatic N) is 3. The molecular weight excluding hydrogens is 658 g/mol. The lowest BCUT2D eigenvalue weighted by atomic mass is 10.0. The fourth-order valence-electron chi connectivity index (χ4n) is 5.07. The molecule has 2 fully saturated rings. The smallest absolute Gasteiger partial charge is 0.352 e. The number of nitrogens with one attached hydrogen (secondary N) is 1. The number of aromatic nitrogens is 1. The average Bonchev–Trinajstić information content (AvgIpc) is 3.70. The van der Waals surface area contributed by atoms with Crippen LogP contribution in [0, 0.1) is 0 Å². The lowest BCUT2D eigenvalue weighted by molar-refractivity contribution is -0.150. The van der Waals surface area contributed by atoms with Crippen molar-refractivity contribution in [3.05, 3.63) is 46.1 Å². The Labute approximate surface area is 275 Å². The Morgan fingerprint density at radius 2 is 1.81 bits per heavy atom. The van der Waals surface area contributed by atoms with Crippen LogP contribution in [0.4, 0.5) is 5.13 Å². The number of esters is 3. The number of carboxylic acid groups (broad SMARTS) is 1. The van der Waals surface area contributed by atoms with E-state index in [1.165, 1.54) is 23.9 Å². The lowest BCUT2D eigenvalue weighted by Crippen LogP contribution is -2.71. The standard InChI is InChI=1S/C29H29N5O11S2/c1-13(35)43-19-8-7-15(9-20(19)44-14(2)36)28(41)42-10-16-11-46-26-22(25(38)34(26)23(16)27(39)40)32-24(37)21(18-12-47-29(30)31-18)33-45-17-5-3-4-6-17/h7-9,12,17,22,26H,3-6,10-11H2,1-2H3,(H2,30,31)(H,32,37)(H,39,40)/b33-21-/t22-,26-/m1/s1. The number of β-lactam (4-membered cyclic amide) rings is 1. The molecule has 0 bridgehead atoms. The molecule has 16 nitrogen and oxygen atoms in total. The maximum absolute atomic E-state index is 13.3. The summed E-state index contributed by atoms with van der Waals surface area (Å²) in [7, 11) is 0. The first-order chi connectivity index (χ1) is 22.4. The van der Waals surface area contributed by atoms with Crippen molar-refractivity contribution >= 4 is 69.6 Å². The number of nitrogen functional groups attached to an aromatic ring is 1. The van der Waals surface area contributed by atoms with Crippen LogP contribution in [0.15, 0.2) is 40.0 Å². The van der Waals surface area contributed by atoms with Gasteiger partial charge in [-0.2, -0.15) is 0 Å². The van der Waals surface area contributed by atoms with Gasteiger partial charge in [0.15, 0.2) is 22.3 Å². The summed E-state index contributed by atoms with van der Waals surface area (Å²) in [6.45, 7) is 1.80. The number of thioether (sulfide) groups is 1. The third-order valence-electron chi connectivity index (χ3n) is 7.18. The fraction of sp³-hybridized carbons (Fsp3) is 0.379. The van der Waals surface area contributed by atoms with Crippen LogP contribution in [-0.2, 0) is 33.5 Å². The second-order valence-corrected chi connectivity index (χ2v) is 12.6. The normalized spacial score (nSPS) is 19.4. The molecular formula is C29H29N5O11S2. The molecule has 248 valence electrons. The van der Waals surface area contributed by atoms with E-state index in [-0.39, 0.29) is 56.7 Å². The van der Waals surface area contributed by atoms with Gasteiger partial charge in [-0.25, -0.2) is 14.6 Å². The van der Waals surface area contributed by atoms with Gasteiger partial charge in [-0.05, 0) is 43.9 Å². The number of hydrogen-bond donors (Lipinski definition) is 3. The van der Waals surface area contributed by atoms with Crippen molar-refractivity contribution in [2.24, 2.45) is 5.16 Å². The SMILES string of the molecule is CC(=O)Oc1ccc(C(=O)OCC2=C(C(=O)O)N3C(=O)[C@@H](NC(=O)/C(=N\OC4CCCC4)c4csc(N)n4)[C@H]3SC2)cc1OC(C)=O. The van der Waals surface area contributed by atoms with Gasteiger partial charge in [0, 0.05) is 30.6 Å². The van der Waals surface area contributed by atoms with Crippen LogP contribution in [0.1, 0.15) is 55.6 Å². The summed E-state index contributed by atoms with van der Waals surface area (Å²) in [5, 5.41) is 17.7. The van der Waals surface area contributed by atoms with Crippen molar-refractivity contribution in [3.8, 4) is 11.5 Å². The summed E-state index contributed by atoms with van der Waals surface area (Å²) < 4.78 is 15.4. The van der Waals surface area contributed by atoms with E-state index in [0.29, 0.717) is 0 Å². The molecule has 2 aromatic rings. The Morgan fingerprint density at radius 3 is 2.45 bits per heavy atom. The summed E-state index contributed by atoms with van der Waals surface area (Å²) in [6, 6.07) is 2.58. The van der Waals surface area contributed by atoms with Crippen molar-refractivity contribution in [3.63, 3.8) is 0 Å². The van der Waals surface area contributed by atoms with Crippen molar-refractivity contribution in [2.75, 3.05) is 18.1 Å². The number of thiazole rings is 1. The first-order valence-electron chi connectivity index (χ1n) is 14.3. The second-order valence-electron chi connectivity index (χ2n) is 10.6. The van der Waals surface area contributed by atoms with Gasteiger partial charge in [0.25, 0.3) is 11.8 Å². The molecule has 0 unspecified atom stereocenters. The number of carbonyl (C=O) groups is 6. The Kier molecular flexibility index (Phi) is 10.1. The molecule has 1 saturated carbocycles. The molecule has 18 heteroatoms. The number of fused-ring (bicyclic) bond motifs is 1. The van der Waals surface area contributed by atoms with E-state index in [0.717, 1.165) is 61.8 Å². The first-order valence-corrected chi connectivity index (χ1v) is 16.2. The number of carboxylic acids is 1. The second kappa shape index (κ2) is 14.2. The third-order valence-corrected chi connectivity index (χ3v) is 9.19. The summed E-state index contributed by atoms with van der Waals surface area (Å²) in [5.74, 6) is -5.37. The van der Waals surface area contributed by atoms with E-state index in [2.05, 4.69) is 15.5 Å². The van der Waals surface area contributed by atoms with Crippen LogP contribution in [0.2, 0.25) is 0 Å². The van der Waals surface area contributed by atoms with Crippen LogP contribution >= 0.6 is 23.1 Å². The third kappa shape index (κ3) is 7.54. The number of hydrogen-bond acceptors (Lipinski definition) is 15. The molecule has 4 N–H and O–H groups in total. The highest BCUT2D eigenvalue weighted by molar-refractivity contribution is 8.00. The van der Waals surface area contributed by atoms with Gasteiger partial charge in [-0.1, -0.05) is 5.16 Å². The Balaban J connectivity index is 1.28. The van der Waals surface area contributed by atoms with Gasteiger partial charge in [0.2, 0.25) is 0 Å². The monoisotopic (exact) mass is 687 g/mol. The number of benzene rings is 1. The van der Waals surface area contributed by atoms with E-state index in [9.17, 15) is 33.9 Å². The predicted molar refractivity (Wildman–Crippen MR) is 165 cm³/mol. The van der Waals surface area contributed by atoms with E-state index in [1.54, 1.807) is 5.38 Å². The molecule has 1 aromatic carbocycles. The van der Waals surface area contributed by atoms with Gasteiger partial charge in [-0.3, -0.25) is 24.1 Å². The lowest BCUT2D eigenvalue weighted by Gasteiger charge is -2.49. The molecule has 2 amide bonds. The quantitative estimate of drug-likeness (QED) is 0.101. The zero-order valence-corrected chi connectivity index (χ0v) is 26.7. The molecule has 47 heavy (non-hydrogen) atoms. The van der Waals surface area contributed by atoms with Crippen LogP contribution in [0.25, 0.3) is 0 Å². The molecule has 0 spiro atoms. The van der Waals surface area contributed by atoms with E-state index in [4.69, 9.17) is 24.8 Å². The van der Waals surface area contributed by atoms with Gasteiger partial charge in [0.1, 0.15) is 35.5 Å². The molecule has 1 aliphatic carbocycles. The number of nitrogens with two attached hydrogens (primary N) is 1. The van der Waals surface area contributed by atoms with Crippen molar-refractivity contribution in [1.82, 2.24) is 15.2 Å². The molecule has 2 aliphatic heterocycles.